The van der Waals surface area contributed by atoms with E-state index in [1.165, 1.54) is 15.7 Å². The van der Waals surface area contributed by atoms with Gasteiger partial charge in [-0.15, -0.1) is 0 Å². The smallest absolute Gasteiger partial charge is 0.123 e. The zero-order chi connectivity index (χ0) is 13.9. The van der Waals surface area contributed by atoms with Crippen molar-refractivity contribution in [2.45, 2.75) is 25.4 Å². The normalized spacial score (nSPS) is 14.1. The molecule has 3 heteroatoms. The van der Waals surface area contributed by atoms with Crippen LogP contribution in [0.25, 0.3) is 0 Å². The van der Waals surface area contributed by atoms with Crippen molar-refractivity contribution in [3.05, 3.63) is 69.0 Å². The summed E-state index contributed by atoms with van der Waals surface area (Å²) in [5, 5.41) is 10.5. The summed E-state index contributed by atoms with van der Waals surface area (Å²) >= 11 is 2.25. The van der Waals surface area contributed by atoms with E-state index in [1.54, 1.807) is 13.0 Å². The first kappa shape index (κ1) is 14.5. The number of benzene rings is 2. The van der Waals surface area contributed by atoms with Gasteiger partial charge in [0.25, 0.3) is 0 Å². The van der Waals surface area contributed by atoms with Crippen molar-refractivity contribution in [2.75, 3.05) is 0 Å². The quantitative estimate of drug-likeness (QED) is 0.808. The maximum atomic E-state index is 13.1. The molecule has 19 heavy (non-hydrogen) atoms. The first-order valence-corrected chi connectivity index (χ1v) is 7.24. The van der Waals surface area contributed by atoms with Gasteiger partial charge in [0.15, 0.2) is 0 Å². The van der Waals surface area contributed by atoms with Gasteiger partial charge in [0.2, 0.25) is 0 Å². The number of hydrogen-bond donors (Lipinski definition) is 1. The van der Waals surface area contributed by atoms with Crippen LogP contribution in [0.3, 0.4) is 0 Å². The van der Waals surface area contributed by atoms with Crippen molar-refractivity contribution >= 4 is 22.6 Å². The molecule has 0 spiro atoms. The van der Waals surface area contributed by atoms with Gasteiger partial charge in [-0.05, 0) is 64.9 Å². The highest BCUT2D eigenvalue weighted by molar-refractivity contribution is 14.1. The standard InChI is InChI=1S/C16H16FIO/c1-16(19,10-12-5-7-15(18)8-6-12)11-13-3-2-4-14(17)9-13/h2-9,19H,10-11H2,1H3. The summed E-state index contributed by atoms with van der Waals surface area (Å²) in [4.78, 5) is 0. The Bertz CT molecular complexity index is 549. The molecule has 2 aromatic carbocycles. The first-order valence-electron chi connectivity index (χ1n) is 6.16. The molecule has 2 aromatic rings. The van der Waals surface area contributed by atoms with Crippen LogP contribution in [0.15, 0.2) is 48.5 Å². The summed E-state index contributed by atoms with van der Waals surface area (Å²) in [5.41, 5.74) is 1.03. The molecule has 100 valence electrons. The Balaban J connectivity index is 2.07. The molecule has 1 atom stereocenters. The Hall–Kier alpha value is -0.940. The highest BCUT2D eigenvalue weighted by Crippen LogP contribution is 2.20. The number of rotatable bonds is 4. The van der Waals surface area contributed by atoms with E-state index in [9.17, 15) is 9.50 Å². The molecule has 1 unspecified atom stereocenters. The molecule has 0 bridgehead atoms. The van der Waals surface area contributed by atoms with Crippen LogP contribution in [-0.4, -0.2) is 10.7 Å². The molecule has 0 aromatic heterocycles. The SMILES string of the molecule is CC(O)(Cc1ccc(I)cc1)Cc1cccc(F)c1. The average molecular weight is 370 g/mol. The lowest BCUT2D eigenvalue weighted by atomic mass is 9.90. The van der Waals surface area contributed by atoms with Gasteiger partial charge < -0.3 is 5.11 Å². The van der Waals surface area contributed by atoms with Crippen molar-refractivity contribution in [1.29, 1.82) is 0 Å². The van der Waals surface area contributed by atoms with Crippen molar-refractivity contribution in [2.24, 2.45) is 0 Å². The van der Waals surface area contributed by atoms with Crippen LogP contribution < -0.4 is 0 Å². The molecule has 0 amide bonds. The summed E-state index contributed by atoms with van der Waals surface area (Å²) in [6, 6.07) is 14.5. The van der Waals surface area contributed by atoms with Gasteiger partial charge in [-0.1, -0.05) is 24.3 Å². The molecular weight excluding hydrogens is 354 g/mol. The fraction of sp³-hybridized carbons (Fsp3) is 0.250. The summed E-state index contributed by atoms with van der Waals surface area (Å²) in [6.45, 7) is 1.79. The van der Waals surface area contributed by atoms with Crippen LogP contribution in [-0.2, 0) is 12.8 Å². The molecular formula is C16H16FIO. The van der Waals surface area contributed by atoms with E-state index in [0.29, 0.717) is 12.8 Å². The Morgan fingerprint density at radius 2 is 1.68 bits per heavy atom. The maximum absolute atomic E-state index is 13.1. The van der Waals surface area contributed by atoms with Crippen molar-refractivity contribution in [3.63, 3.8) is 0 Å². The molecule has 1 nitrogen and oxygen atoms in total. The lowest BCUT2D eigenvalue weighted by Crippen LogP contribution is -2.30. The van der Waals surface area contributed by atoms with E-state index in [1.807, 2.05) is 30.3 Å². The number of aliphatic hydroxyl groups is 1. The Morgan fingerprint density at radius 3 is 2.32 bits per heavy atom. The Labute approximate surface area is 126 Å². The summed E-state index contributed by atoms with van der Waals surface area (Å²) < 4.78 is 14.3. The second kappa shape index (κ2) is 6.01. The molecule has 1 N–H and O–H groups in total. The maximum Gasteiger partial charge on any atom is 0.123 e. The van der Waals surface area contributed by atoms with Crippen LogP contribution in [0.4, 0.5) is 4.39 Å². The summed E-state index contributed by atoms with van der Waals surface area (Å²) in [6.07, 6.45) is 0.997. The first-order chi connectivity index (χ1) is 8.94. The molecule has 0 saturated carbocycles. The summed E-state index contributed by atoms with van der Waals surface area (Å²) in [7, 11) is 0. The van der Waals surface area contributed by atoms with Gasteiger partial charge in [0.1, 0.15) is 5.82 Å². The number of hydrogen-bond acceptors (Lipinski definition) is 1. The van der Waals surface area contributed by atoms with Crippen LogP contribution in [0.5, 0.6) is 0 Å². The van der Waals surface area contributed by atoms with Crippen molar-refractivity contribution < 1.29 is 9.50 Å². The van der Waals surface area contributed by atoms with Crippen LogP contribution >= 0.6 is 22.6 Å². The minimum atomic E-state index is -0.874. The third-order valence-electron chi connectivity index (χ3n) is 2.97. The molecule has 2 rings (SSSR count). The fourth-order valence-electron chi connectivity index (χ4n) is 2.19. The second-order valence-electron chi connectivity index (χ2n) is 5.11. The minimum absolute atomic E-state index is 0.262. The highest BCUT2D eigenvalue weighted by atomic mass is 127. The Kier molecular flexibility index (Phi) is 4.58. The minimum Gasteiger partial charge on any atom is -0.389 e. The molecule has 0 radical (unpaired) electrons. The predicted octanol–water partition coefficient (Wildman–Crippen LogP) is 3.97. The van der Waals surface area contributed by atoms with Gasteiger partial charge >= 0.3 is 0 Å². The Morgan fingerprint density at radius 1 is 1.05 bits per heavy atom. The van der Waals surface area contributed by atoms with Crippen molar-refractivity contribution in [3.8, 4) is 0 Å². The van der Waals surface area contributed by atoms with Gasteiger partial charge in [0.05, 0.1) is 5.60 Å². The van der Waals surface area contributed by atoms with E-state index >= 15 is 0 Å². The zero-order valence-corrected chi connectivity index (χ0v) is 12.9. The van der Waals surface area contributed by atoms with E-state index in [2.05, 4.69) is 22.6 Å². The van der Waals surface area contributed by atoms with E-state index in [0.717, 1.165) is 11.1 Å². The molecule has 0 heterocycles. The lowest BCUT2D eigenvalue weighted by molar-refractivity contribution is 0.0608. The molecule has 0 aliphatic rings. The topological polar surface area (TPSA) is 20.2 Å². The van der Waals surface area contributed by atoms with E-state index in [4.69, 9.17) is 0 Å². The highest BCUT2D eigenvalue weighted by Gasteiger charge is 2.21. The van der Waals surface area contributed by atoms with Gasteiger partial charge in [-0.2, -0.15) is 0 Å². The monoisotopic (exact) mass is 370 g/mol. The zero-order valence-electron chi connectivity index (χ0n) is 10.7. The van der Waals surface area contributed by atoms with Crippen LogP contribution in [0.2, 0.25) is 0 Å². The third kappa shape index (κ3) is 4.58. The van der Waals surface area contributed by atoms with Gasteiger partial charge in [0, 0.05) is 16.4 Å². The molecule has 0 fully saturated rings. The molecule has 0 aliphatic carbocycles. The van der Waals surface area contributed by atoms with Crippen molar-refractivity contribution in [1.82, 2.24) is 0 Å². The van der Waals surface area contributed by atoms with E-state index in [-0.39, 0.29) is 5.82 Å². The van der Waals surface area contributed by atoms with Crippen LogP contribution in [0.1, 0.15) is 18.1 Å². The molecule has 0 saturated heterocycles. The fourth-order valence-corrected chi connectivity index (χ4v) is 2.55. The van der Waals surface area contributed by atoms with Gasteiger partial charge in [-0.25, -0.2) is 4.39 Å². The van der Waals surface area contributed by atoms with Crippen LogP contribution in [0, 0.1) is 9.39 Å². The second-order valence-corrected chi connectivity index (χ2v) is 6.35. The lowest BCUT2D eigenvalue weighted by Gasteiger charge is -2.23. The van der Waals surface area contributed by atoms with E-state index < -0.39 is 5.60 Å². The number of halogens is 2. The van der Waals surface area contributed by atoms with Gasteiger partial charge in [-0.3, -0.25) is 0 Å². The largest absolute Gasteiger partial charge is 0.389 e. The third-order valence-corrected chi connectivity index (χ3v) is 3.69. The molecule has 0 aliphatic heterocycles. The predicted molar refractivity (Wildman–Crippen MR) is 83.6 cm³/mol. The average Bonchev–Trinajstić information content (AvgIpc) is 2.31. The summed E-state index contributed by atoms with van der Waals surface area (Å²) in [5.74, 6) is -0.262.